The lowest BCUT2D eigenvalue weighted by Gasteiger charge is -2.49. The maximum atomic E-state index is 13.3. The fraction of sp³-hybridized carbons (Fsp3) is 0.864. The monoisotopic (exact) mass is 933 g/mol. The van der Waals surface area contributed by atoms with Crippen molar-refractivity contribution in [2.24, 2.45) is 5.92 Å². The molecule has 5 N–H and O–H groups in total. The van der Waals surface area contributed by atoms with Gasteiger partial charge in [0, 0.05) is 20.4 Å². The van der Waals surface area contributed by atoms with Crippen LogP contribution in [0.15, 0.2) is 0 Å². The highest BCUT2D eigenvalue weighted by molar-refractivity contribution is 5.70. The summed E-state index contributed by atoms with van der Waals surface area (Å²) in [4.78, 5) is 77.5. The summed E-state index contributed by atoms with van der Waals surface area (Å²) in [5.74, 6) is -2.06. The summed E-state index contributed by atoms with van der Waals surface area (Å²) in [6.07, 6.45) is -13.2. The number of hydrogen-bond donors (Lipinski definition) is 5. The Hall–Kier alpha value is -4.18. The number of esters is 2. The minimum Gasteiger partial charge on any atom is -0.457 e. The number of alkyl carbamates (subject to hydrolysis) is 4. The number of hydrogen-bond acceptors (Lipinski definition) is 17. The maximum absolute atomic E-state index is 13.3. The molecule has 21 heteroatoms. The highest BCUT2D eigenvalue weighted by Gasteiger charge is 2.54. The topological polar surface area (TPSA) is 263 Å². The maximum Gasteiger partial charge on any atom is 0.408 e. The molecule has 0 spiro atoms. The summed E-state index contributed by atoms with van der Waals surface area (Å²) in [5.41, 5.74) is -3.42. The molecule has 3 aliphatic rings. The smallest absolute Gasteiger partial charge is 0.408 e. The number of nitrogens with one attached hydrogen (secondary N) is 4. The Morgan fingerprint density at radius 1 is 0.585 bits per heavy atom. The first kappa shape index (κ1) is 55.1. The average Bonchev–Trinajstić information content (AvgIpc) is 3.10. The van der Waals surface area contributed by atoms with Crippen molar-refractivity contribution < 1.29 is 81.2 Å². The summed E-state index contributed by atoms with van der Waals surface area (Å²) in [6, 6.07) is -3.06. The van der Waals surface area contributed by atoms with Gasteiger partial charge in [-0.25, -0.2) is 19.2 Å². The molecule has 374 valence electrons. The van der Waals surface area contributed by atoms with E-state index in [4.69, 9.17) is 47.4 Å². The normalized spacial score (nSPS) is 31.0. The zero-order valence-corrected chi connectivity index (χ0v) is 41.0. The minimum atomic E-state index is -1.60. The van der Waals surface area contributed by atoms with Gasteiger partial charge in [-0.2, -0.15) is 0 Å². The standard InChI is InChI=1S/C44H76N4O17/c1-17-28-33(56-23(3)49)29(48-40(55)65-44(14,15)16)34(57-24(4)50)36(59-28)60-31-22(2)20-27(47-39(54)64-43(11,12)13)32(30(31)51)61-35-26(46-38(53)63-42(8,9)10)19-18-25(58-35)21-45-37(52)62-41(5,6)7/h22,25-36,51H,17-21H2,1-16H3,(H,45,52)(H,46,53)(H,47,54)(H,48,55)/t22-,25?,26?,27+,28?,29+,30?,31-,32?,33+,34?,35+,36+/m1/s1. The van der Waals surface area contributed by atoms with Crippen molar-refractivity contribution in [1.29, 1.82) is 0 Å². The summed E-state index contributed by atoms with van der Waals surface area (Å²) in [5, 5.41) is 23.5. The number of amides is 4. The van der Waals surface area contributed by atoms with Crippen LogP contribution in [0, 0.1) is 5.92 Å². The molecule has 4 amide bonds. The van der Waals surface area contributed by atoms with E-state index < -0.39 is 138 Å². The van der Waals surface area contributed by atoms with Crippen molar-refractivity contribution in [3.8, 4) is 0 Å². The summed E-state index contributed by atoms with van der Waals surface area (Å²) >= 11 is 0. The van der Waals surface area contributed by atoms with Crippen molar-refractivity contribution >= 4 is 36.3 Å². The molecule has 3 rings (SSSR count). The second-order valence-corrected chi connectivity index (χ2v) is 20.8. The van der Waals surface area contributed by atoms with Crippen LogP contribution in [0.1, 0.15) is 136 Å². The SMILES string of the molecule is CCC1O[C@@H](O[C@H]2C(O)C(O[C@@H]3OC(CNC(=O)OC(C)(C)C)CCC3NC(=O)OC(C)(C)C)[C@@H](NC(=O)OC(C)(C)C)C[C@H]2C)C(OC(C)=O)[C@@H](NC(=O)OC(C)(C)C)[C@H]1OC(C)=O. The molecule has 2 saturated heterocycles. The first-order valence-corrected chi connectivity index (χ1v) is 22.3. The first-order valence-electron chi connectivity index (χ1n) is 22.3. The van der Waals surface area contributed by atoms with Crippen LogP contribution in [0.5, 0.6) is 0 Å². The molecule has 0 aromatic carbocycles. The van der Waals surface area contributed by atoms with E-state index in [0.717, 1.165) is 6.92 Å². The van der Waals surface area contributed by atoms with Crippen LogP contribution in [-0.4, -0.2) is 144 Å². The predicted octanol–water partition coefficient (Wildman–Crippen LogP) is 4.87. The van der Waals surface area contributed by atoms with Gasteiger partial charge in [0.25, 0.3) is 0 Å². The van der Waals surface area contributed by atoms with Gasteiger partial charge in [0.2, 0.25) is 0 Å². The summed E-state index contributed by atoms with van der Waals surface area (Å²) < 4.78 is 59.4. The molecule has 1 saturated carbocycles. The van der Waals surface area contributed by atoms with Crippen LogP contribution in [0.4, 0.5) is 19.2 Å². The lowest BCUT2D eigenvalue weighted by atomic mass is 9.80. The highest BCUT2D eigenvalue weighted by Crippen LogP contribution is 2.37. The van der Waals surface area contributed by atoms with Crippen LogP contribution in [0.2, 0.25) is 0 Å². The van der Waals surface area contributed by atoms with E-state index in [-0.39, 0.29) is 25.8 Å². The number of carbonyl (C=O) groups is 6. The van der Waals surface area contributed by atoms with Crippen LogP contribution < -0.4 is 21.3 Å². The van der Waals surface area contributed by atoms with Crippen molar-refractivity contribution in [2.45, 2.75) is 232 Å². The second kappa shape index (κ2) is 22.5. The van der Waals surface area contributed by atoms with E-state index in [0.29, 0.717) is 6.42 Å². The number of rotatable bonds is 12. The Labute approximate surface area is 383 Å². The van der Waals surface area contributed by atoms with Gasteiger partial charge in [0.1, 0.15) is 40.7 Å². The molecule has 3 fully saturated rings. The van der Waals surface area contributed by atoms with Gasteiger partial charge in [-0.1, -0.05) is 13.8 Å². The van der Waals surface area contributed by atoms with Crippen molar-refractivity contribution in [1.82, 2.24) is 21.3 Å². The third kappa shape index (κ3) is 18.6. The largest absolute Gasteiger partial charge is 0.457 e. The molecule has 2 heterocycles. The molecule has 0 aromatic heterocycles. The molecule has 1 aliphatic carbocycles. The number of aliphatic hydroxyl groups excluding tert-OH is 1. The third-order valence-electron chi connectivity index (χ3n) is 9.91. The lowest BCUT2D eigenvalue weighted by Crippen LogP contribution is -2.68. The Balaban J connectivity index is 2.07. The van der Waals surface area contributed by atoms with Crippen LogP contribution in [0.25, 0.3) is 0 Å². The quantitative estimate of drug-likeness (QED) is 0.129. The van der Waals surface area contributed by atoms with E-state index >= 15 is 0 Å². The van der Waals surface area contributed by atoms with Crippen molar-refractivity contribution in [3.63, 3.8) is 0 Å². The van der Waals surface area contributed by atoms with Gasteiger partial charge in [-0.05, 0) is 115 Å². The summed E-state index contributed by atoms with van der Waals surface area (Å²) in [7, 11) is 0. The molecule has 6 unspecified atom stereocenters. The Morgan fingerprint density at radius 2 is 1.05 bits per heavy atom. The Bertz CT molecular complexity index is 1640. The third-order valence-corrected chi connectivity index (χ3v) is 9.91. The molecule has 2 aliphatic heterocycles. The number of aliphatic hydroxyl groups is 1. The zero-order chi connectivity index (χ0) is 49.4. The predicted molar refractivity (Wildman–Crippen MR) is 231 cm³/mol. The van der Waals surface area contributed by atoms with Gasteiger partial charge in [-0.15, -0.1) is 0 Å². The van der Waals surface area contributed by atoms with E-state index in [2.05, 4.69) is 21.3 Å². The van der Waals surface area contributed by atoms with Gasteiger partial charge in [-0.3, -0.25) is 9.59 Å². The number of carbonyl (C=O) groups excluding carboxylic acids is 6. The molecule has 65 heavy (non-hydrogen) atoms. The molecule has 0 radical (unpaired) electrons. The van der Waals surface area contributed by atoms with Crippen molar-refractivity contribution in [3.05, 3.63) is 0 Å². The van der Waals surface area contributed by atoms with Gasteiger partial charge in [0.05, 0.1) is 30.4 Å². The average molecular weight is 933 g/mol. The molecular weight excluding hydrogens is 856 g/mol. The molecule has 21 nitrogen and oxygen atoms in total. The zero-order valence-electron chi connectivity index (χ0n) is 41.0. The molecule has 0 bridgehead atoms. The fourth-order valence-corrected chi connectivity index (χ4v) is 7.59. The van der Waals surface area contributed by atoms with E-state index in [1.165, 1.54) is 6.92 Å². The van der Waals surface area contributed by atoms with Crippen LogP contribution in [0.3, 0.4) is 0 Å². The van der Waals surface area contributed by atoms with Crippen LogP contribution in [-0.2, 0) is 57.0 Å². The molecule has 13 atom stereocenters. The van der Waals surface area contributed by atoms with E-state index in [1.807, 2.05) is 0 Å². The van der Waals surface area contributed by atoms with Gasteiger partial charge >= 0.3 is 36.3 Å². The second-order valence-electron chi connectivity index (χ2n) is 20.8. The van der Waals surface area contributed by atoms with E-state index in [9.17, 15) is 33.9 Å². The highest BCUT2D eigenvalue weighted by atomic mass is 16.7. The van der Waals surface area contributed by atoms with Gasteiger partial charge in [0.15, 0.2) is 24.8 Å². The Morgan fingerprint density at radius 3 is 1.54 bits per heavy atom. The minimum absolute atomic E-state index is 0.00545. The summed E-state index contributed by atoms with van der Waals surface area (Å²) in [6.45, 7) is 26.2. The Kier molecular flexibility index (Phi) is 19.1. The lowest BCUT2D eigenvalue weighted by molar-refractivity contribution is -0.319. The first-order chi connectivity index (χ1) is 29.7. The van der Waals surface area contributed by atoms with Gasteiger partial charge < -0.3 is 73.7 Å². The molecule has 0 aromatic rings. The molecular formula is C44H76N4O17. The van der Waals surface area contributed by atoms with Crippen LogP contribution >= 0.6 is 0 Å². The van der Waals surface area contributed by atoms with E-state index in [1.54, 1.807) is 96.9 Å². The van der Waals surface area contributed by atoms with Crippen molar-refractivity contribution in [2.75, 3.05) is 6.54 Å². The fourth-order valence-electron chi connectivity index (χ4n) is 7.59. The number of ether oxygens (including phenoxy) is 10.